The molecular weight excluding hydrogens is 360 g/mol. The van der Waals surface area contributed by atoms with Gasteiger partial charge in [0.15, 0.2) is 0 Å². The Kier molecular flexibility index (Phi) is 4.88. The van der Waals surface area contributed by atoms with Gasteiger partial charge in [0, 0.05) is 47.5 Å². The van der Waals surface area contributed by atoms with E-state index in [-0.39, 0.29) is 0 Å². The Morgan fingerprint density at radius 2 is 1.93 bits per heavy atom. The maximum atomic E-state index is 5.43. The number of benzene rings is 1. The van der Waals surface area contributed by atoms with Crippen LogP contribution in [0.2, 0.25) is 0 Å². The van der Waals surface area contributed by atoms with E-state index < -0.39 is 0 Å². The molecule has 0 aliphatic heterocycles. The molecule has 0 aliphatic carbocycles. The topological polar surface area (TPSA) is 89.6 Å². The van der Waals surface area contributed by atoms with Gasteiger partial charge in [-0.05, 0) is 29.8 Å². The van der Waals surface area contributed by atoms with Crippen LogP contribution < -0.4 is 5.32 Å². The molecule has 0 unspecified atom stereocenters. The summed E-state index contributed by atoms with van der Waals surface area (Å²) < 4.78 is 9.79. The number of pyridine rings is 1. The van der Waals surface area contributed by atoms with E-state index in [0.29, 0.717) is 24.2 Å². The average molecular weight is 378 g/mol. The summed E-state index contributed by atoms with van der Waals surface area (Å²) >= 11 is 1.38. The van der Waals surface area contributed by atoms with E-state index in [0.717, 1.165) is 27.6 Å². The van der Waals surface area contributed by atoms with Gasteiger partial charge in [-0.3, -0.25) is 4.98 Å². The number of anilines is 1. The summed E-state index contributed by atoms with van der Waals surface area (Å²) in [5.74, 6) is 2.23. The molecule has 0 saturated heterocycles. The molecule has 0 atom stereocenters. The van der Waals surface area contributed by atoms with Crippen LogP contribution in [0.4, 0.5) is 5.13 Å². The van der Waals surface area contributed by atoms with Crippen molar-refractivity contribution >= 4 is 16.7 Å². The summed E-state index contributed by atoms with van der Waals surface area (Å²) in [5.41, 5.74) is 2.84. The number of rotatable bonds is 6. The molecule has 136 valence electrons. The van der Waals surface area contributed by atoms with Crippen molar-refractivity contribution in [1.29, 1.82) is 0 Å². The molecule has 3 heterocycles. The molecule has 8 heteroatoms. The summed E-state index contributed by atoms with van der Waals surface area (Å²) in [6.07, 6.45) is 3.41. The zero-order valence-corrected chi connectivity index (χ0v) is 15.8. The molecule has 0 fully saturated rings. The van der Waals surface area contributed by atoms with Gasteiger partial charge in [0.2, 0.25) is 11.0 Å². The highest BCUT2D eigenvalue weighted by molar-refractivity contribution is 7.09. The molecule has 0 radical (unpaired) electrons. The first-order chi connectivity index (χ1) is 13.2. The third kappa shape index (κ3) is 4.01. The predicted octanol–water partition coefficient (Wildman–Crippen LogP) is 4.39. The lowest BCUT2D eigenvalue weighted by Crippen LogP contribution is -1.99. The normalized spacial score (nSPS) is 11.1. The molecule has 0 saturated carbocycles. The van der Waals surface area contributed by atoms with Crippen molar-refractivity contribution in [3.8, 4) is 22.8 Å². The van der Waals surface area contributed by atoms with E-state index in [2.05, 4.69) is 43.6 Å². The molecular formula is C19H18N6OS. The Morgan fingerprint density at radius 1 is 1.07 bits per heavy atom. The second-order valence-corrected chi connectivity index (χ2v) is 7.08. The molecule has 1 aromatic carbocycles. The first kappa shape index (κ1) is 17.3. The molecule has 3 aromatic heterocycles. The van der Waals surface area contributed by atoms with E-state index >= 15 is 0 Å². The fourth-order valence-corrected chi connectivity index (χ4v) is 3.19. The van der Waals surface area contributed by atoms with Crippen LogP contribution in [0.3, 0.4) is 0 Å². The Morgan fingerprint density at radius 3 is 2.70 bits per heavy atom. The van der Waals surface area contributed by atoms with Crippen LogP contribution in [0.1, 0.15) is 31.2 Å². The van der Waals surface area contributed by atoms with Gasteiger partial charge >= 0.3 is 0 Å². The van der Waals surface area contributed by atoms with Gasteiger partial charge in [0.05, 0.1) is 0 Å². The third-order valence-corrected chi connectivity index (χ3v) is 4.63. The van der Waals surface area contributed by atoms with Crippen LogP contribution in [0.5, 0.6) is 0 Å². The number of hydrogen-bond acceptors (Lipinski definition) is 8. The van der Waals surface area contributed by atoms with E-state index in [9.17, 15) is 0 Å². The van der Waals surface area contributed by atoms with Gasteiger partial charge < -0.3 is 9.84 Å². The Bertz CT molecular complexity index is 1030. The number of nitrogens with one attached hydrogen (secondary N) is 1. The monoisotopic (exact) mass is 378 g/mol. The second kappa shape index (κ2) is 7.63. The summed E-state index contributed by atoms with van der Waals surface area (Å²) in [6.45, 7) is 4.81. The van der Waals surface area contributed by atoms with Gasteiger partial charge in [-0.15, -0.1) is 0 Å². The van der Waals surface area contributed by atoms with E-state index in [4.69, 9.17) is 4.52 Å². The summed E-state index contributed by atoms with van der Waals surface area (Å²) in [7, 11) is 0. The summed E-state index contributed by atoms with van der Waals surface area (Å²) in [5, 5.41) is 8.20. The van der Waals surface area contributed by atoms with Crippen LogP contribution in [0.15, 0.2) is 53.3 Å². The molecule has 1 N–H and O–H groups in total. The highest BCUT2D eigenvalue weighted by atomic mass is 32.1. The minimum atomic E-state index is 0.326. The lowest BCUT2D eigenvalue weighted by atomic mass is 10.1. The predicted molar refractivity (Wildman–Crippen MR) is 104 cm³/mol. The van der Waals surface area contributed by atoms with Gasteiger partial charge in [0.1, 0.15) is 5.82 Å². The maximum Gasteiger partial charge on any atom is 0.258 e. The Labute approximate surface area is 160 Å². The molecule has 0 spiro atoms. The van der Waals surface area contributed by atoms with Crippen molar-refractivity contribution in [2.24, 2.45) is 0 Å². The minimum absolute atomic E-state index is 0.326. The summed E-state index contributed by atoms with van der Waals surface area (Å²) in [6, 6.07) is 11.7. The standard InChI is InChI=1S/C19H18N6OS/c1-12(2)16-23-19(27-25-16)21-11-13-4-3-5-15(10-13)18-22-17(24-26-18)14-6-8-20-9-7-14/h3-10,12H,11H2,1-2H3,(H,21,23,25). The fraction of sp³-hybridized carbons (Fsp3) is 0.211. The molecule has 27 heavy (non-hydrogen) atoms. The van der Waals surface area contributed by atoms with Crippen LogP contribution in [-0.2, 0) is 6.54 Å². The van der Waals surface area contributed by atoms with E-state index in [1.807, 2.05) is 36.4 Å². The third-order valence-electron chi connectivity index (χ3n) is 3.94. The van der Waals surface area contributed by atoms with Crippen LogP contribution in [0, 0.1) is 0 Å². The van der Waals surface area contributed by atoms with Crippen molar-refractivity contribution in [2.75, 3.05) is 5.32 Å². The Hall–Kier alpha value is -3.13. The van der Waals surface area contributed by atoms with Crippen LogP contribution in [-0.4, -0.2) is 24.5 Å². The maximum absolute atomic E-state index is 5.43. The average Bonchev–Trinajstić information content (AvgIpc) is 3.37. The Balaban J connectivity index is 1.48. The lowest BCUT2D eigenvalue weighted by molar-refractivity contribution is 0.432. The highest BCUT2D eigenvalue weighted by Crippen LogP contribution is 2.23. The molecule has 4 rings (SSSR count). The zero-order chi connectivity index (χ0) is 18.6. The van der Waals surface area contributed by atoms with Crippen LogP contribution in [0.25, 0.3) is 22.8 Å². The minimum Gasteiger partial charge on any atom is -0.356 e. The smallest absolute Gasteiger partial charge is 0.258 e. The summed E-state index contributed by atoms with van der Waals surface area (Å²) in [4.78, 5) is 13.0. The van der Waals surface area contributed by atoms with Gasteiger partial charge in [-0.25, -0.2) is 4.98 Å². The lowest BCUT2D eigenvalue weighted by Gasteiger charge is -2.04. The molecule has 0 bridgehead atoms. The molecule has 4 aromatic rings. The SMILES string of the molecule is CC(C)c1nsc(NCc2cccc(-c3nc(-c4ccncc4)no3)c2)n1. The molecule has 0 aliphatic rings. The molecule has 0 amide bonds. The van der Waals surface area contributed by atoms with Crippen molar-refractivity contribution < 1.29 is 4.52 Å². The largest absolute Gasteiger partial charge is 0.356 e. The van der Waals surface area contributed by atoms with Crippen molar-refractivity contribution in [2.45, 2.75) is 26.3 Å². The van der Waals surface area contributed by atoms with Gasteiger partial charge in [-0.1, -0.05) is 31.1 Å². The number of aromatic nitrogens is 5. The first-order valence-corrected chi connectivity index (χ1v) is 9.37. The van der Waals surface area contributed by atoms with E-state index in [1.165, 1.54) is 11.5 Å². The van der Waals surface area contributed by atoms with Gasteiger partial charge in [-0.2, -0.15) is 9.36 Å². The van der Waals surface area contributed by atoms with Crippen LogP contribution >= 0.6 is 11.5 Å². The quantitative estimate of drug-likeness (QED) is 0.532. The highest BCUT2D eigenvalue weighted by Gasteiger charge is 2.11. The number of nitrogens with zero attached hydrogens (tertiary/aromatic N) is 5. The van der Waals surface area contributed by atoms with Gasteiger partial charge in [0.25, 0.3) is 5.89 Å². The zero-order valence-electron chi connectivity index (χ0n) is 15.0. The van der Waals surface area contributed by atoms with Crippen molar-refractivity contribution in [3.05, 3.63) is 60.2 Å². The number of hydrogen-bond donors (Lipinski definition) is 1. The molecule has 7 nitrogen and oxygen atoms in total. The fourth-order valence-electron chi connectivity index (χ4n) is 2.49. The van der Waals surface area contributed by atoms with Crippen molar-refractivity contribution in [3.63, 3.8) is 0 Å². The second-order valence-electron chi connectivity index (χ2n) is 6.33. The van der Waals surface area contributed by atoms with E-state index in [1.54, 1.807) is 12.4 Å². The first-order valence-electron chi connectivity index (χ1n) is 8.60. The van der Waals surface area contributed by atoms with Crippen molar-refractivity contribution in [1.82, 2.24) is 24.5 Å².